The van der Waals surface area contributed by atoms with E-state index >= 15 is 0 Å². The second kappa shape index (κ2) is 11.6. The van der Waals surface area contributed by atoms with E-state index in [2.05, 4.69) is 79.7 Å². The molecule has 0 amide bonds. The van der Waals surface area contributed by atoms with Crippen molar-refractivity contribution in [2.75, 3.05) is 6.54 Å². The number of hydrogen-bond acceptors (Lipinski definition) is 1. The summed E-state index contributed by atoms with van der Waals surface area (Å²) in [5.41, 5.74) is 5.39. The Labute approximate surface area is 175 Å². The summed E-state index contributed by atoms with van der Waals surface area (Å²) in [7, 11) is 0. The third-order valence-corrected chi connectivity index (χ3v) is 5.71. The van der Waals surface area contributed by atoms with Gasteiger partial charge in [0.2, 0.25) is 0 Å². The van der Waals surface area contributed by atoms with Crippen LogP contribution in [0, 0.1) is 0 Å². The number of rotatable bonds is 8. The molecule has 1 nitrogen and oxygen atoms in total. The molecule has 0 atom stereocenters. The van der Waals surface area contributed by atoms with Crippen molar-refractivity contribution in [2.24, 2.45) is 5.73 Å². The van der Waals surface area contributed by atoms with E-state index in [-0.39, 0.29) is 0 Å². The van der Waals surface area contributed by atoms with Gasteiger partial charge in [0, 0.05) is 0 Å². The molecule has 4 aromatic carbocycles. The molecule has 0 aromatic heterocycles. The van der Waals surface area contributed by atoms with E-state index in [0.29, 0.717) is 0 Å². The SMILES string of the molecule is CCCCCCCCCCN.c1ccc2c(c1)c1ccccc1c1ccccc21. The molecule has 0 aliphatic carbocycles. The molecule has 0 aliphatic rings. The van der Waals surface area contributed by atoms with Gasteiger partial charge in [-0.15, -0.1) is 0 Å². The second-order valence-corrected chi connectivity index (χ2v) is 7.90. The first-order chi connectivity index (χ1) is 14.4. The van der Waals surface area contributed by atoms with E-state index < -0.39 is 0 Å². The molecule has 0 spiro atoms. The van der Waals surface area contributed by atoms with Crippen molar-refractivity contribution in [1.82, 2.24) is 0 Å². The molecule has 1 heteroatoms. The summed E-state index contributed by atoms with van der Waals surface area (Å²) in [6, 6.07) is 26.0. The highest BCUT2D eigenvalue weighted by molar-refractivity contribution is 6.25. The highest BCUT2D eigenvalue weighted by Gasteiger charge is 2.06. The molecule has 0 heterocycles. The average molecular weight is 386 g/mol. The maximum atomic E-state index is 5.39. The number of nitrogens with two attached hydrogens (primary N) is 1. The van der Waals surface area contributed by atoms with Crippen LogP contribution in [0.25, 0.3) is 32.3 Å². The number of unbranched alkanes of at least 4 members (excludes halogenated alkanes) is 7. The third-order valence-electron chi connectivity index (χ3n) is 5.71. The van der Waals surface area contributed by atoms with Crippen molar-refractivity contribution >= 4 is 32.3 Å². The first-order valence-corrected chi connectivity index (χ1v) is 11.3. The molecule has 0 aliphatic heterocycles. The van der Waals surface area contributed by atoms with Gasteiger partial charge < -0.3 is 5.73 Å². The van der Waals surface area contributed by atoms with Gasteiger partial charge in [-0.3, -0.25) is 0 Å². The lowest BCUT2D eigenvalue weighted by Gasteiger charge is -2.09. The van der Waals surface area contributed by atoms with Crippen LogP contribution in [0.15, 0.2) is 72.8 Å². The lowest BCUT2D eigenvalue weighted by atomic mass is 9.95. The van der Waals surface area contributed by atoms with Crippen LogP contribution in [-0.2, 0) is 0 Å². The van der Waals surface area contributed by atoms with Crippen molar-refractivity contribution in [2.45, 2.75) is 58.3 Å². The molecule has 0 saturated carbocycles. The van der Waals surface area contributed by atoms with Crippen LogP contribution in [0.1, 0.15) is 58.3 Å². The quantitative estimate of drug-likeness (QED) is 0.240. The van der Waals surface area contributed by atoms with Crippen LogP contribution < -0.4 is 5.73 Å². The van der Waals surface area contributed by atoms with Gasteiger partial charge >= 0.3 is 0 Å². The summed E-state index contributed by atoms with van der Waals surface area (Å²) >= 11 is 0. The van der Waals surface area contributed by atoms with Gasteiger partial charge in [0.25, 0.3) is 0 Å². The summed E-state index contributed by atoms with van der Waals surface area (Å²) < 4.78 is 0. The molecule has 29 heavy (non-hydrogen) atoms. The summed E-state index contributed by atoms with van der Waals surface area (Å²) in [6.07, 6.45) is 11.0. The van der Waals surface area contributed by atoms with Crippen molar-refractivity contribution in [1.29, 1.82) is 0 Å². The zero-order valence-corrected chi connectivity index (χ0v) is 17.9. The highest BCUT2D eigenvalue weighted by Crippen LogP contribution is 2.34. The van der Waals surface area contributed by atoms with Gasteiger partial charge in [-0.2, -0.15) is 0 Å². The minimum atomic E-state index is 0.870. The maximum absolute atomic E-state index is 5.39. The monoisotopic (exact) mass is 385 g/mol. The molecule has 0 unspecified atom stereocenters. The Morgan fingerprint density at radius 2 is 0.724 bits per heavy atom. The number of fused-ring (bicyclic) bond motifs is 6. The van der Waals surface area contributed by atoms with E-state index in [4.69, 9.17) is 5.73 Å². The Balaban J connectivity index is 0.000000191. The van der Waals surface area contributed by atoms with E-state index in [9.17, 15) is 0 Å². The molecule has 4 aromatic rings. The first-order valence-electron chi connectivity index (χ1n) is 11.3. The molecular weight excluding hydrogens is 350 g/mol. The Morgan fingerprint density at radius 3 is 1.00 bits per heavy atom. The van der Waals surface area contributed by atoms with Crippen molar-refractivity contribution < 1.29 is 0 Å². The smallest absolute Gasteiger partial charge is 0.00773 e. The molecule has 4 rings (SSSR count). The summed E-state index contributed by atoms with van der Waals surface area (Å²) in [4.78, 5) is 0. The minimum Gasteiger partial charge on any atom is -0.330 e. The Kier molecular flexibility index (Phi) is 8.52. The Morgan fingerprint density at radius 1 is 0.448 bits per heavy atom. The van der Waals surface area contributed by atoms with Crippen LogP contribution in [-0.4, -0.2) is 6.54 Å². The molecule has 0 fully saturated rings. The van der Waals surface area contributed by atoms with Gasteiger partial charge in [-0.1, -0.05) is 125 Å². The van der Waals surface area contributed by atoms with Gasteiger partial charge in [0.05, 0.1) is 0 Å². The molecule has 0 saturated heterocycles. The second-order valence-electron chi connectivity index (χ2n) is 7.90. The van der Waals surface area contributed by atoms with Gasteiger partial charge in [0.15, 0.2) is 0 Å². The van der Waals surface area contributed by atoms with E-state index in [1.165, 1.54) is 83.7 Å². The van der Waals surface area contributed by atoms with Gasteiger partial charge in [-0.05, 0) is 45.3 Å². The lowest BCUT2D eigenvalue weighted by molar-refractivity contribution is 0.578. The molecular formula is C28H35N. The standard InChI is InChI=1S/C18H12.C10H23N/c1-2-8-14-13(7-1)15-9-3-4-11-17(15)18-12-6-5-10-16(14)18;1-2-3-4-5-6-7-8-9-10-11/h1-12H;2-11H2,1H3. The third kappa shape index (κ3) is 5.58. The van der Waals surface area contributed by atoms with Crippen LogP contribution in [0.3, 0.4) is 0 Å². The maximum Gasteiger partial charge on any atom is -0.00773 e. The number of benzene rings is 4. The zero-order valence-electron chi connectivity index (χ0n) is 17.9. The fourth-order valence-electron chi connectivity index (χ4n) is 4.14. The van der Waals surface area contributed by atoms with E-state index in [0.717, 1.165) is 6.54 Å². The molecule has 0 radical (unpaired) electrons. The average Bonchev–Trinajstić information content (AvgIpc) is 2.79. The Hall–Kier alpha value is -2.38. The molecule has 2 N–H and O–H groups in total. The summed E-state index contributed by atoms with van der Waals surface area (Å²) in [6.45, 7) is 3.13. The van der Waals surface area contributed by atoms with Crippen LogP contribution in [0.2, 0.25) is 0 Å². The van der Waals surface area contributed by atoms with Crippen LogP contribution >= 0.6 is 0 Å². The van der Waals surface area contributed by atoms with Gasteiger partial charge in [0.1, 0.15) is 0 Å². The van der Waals surface area contributed by atoms with E-state index in [1.807, 2.05) is 0 Å². The lowest BCUT2D eigenvalue weighted by Crippen LogP contribution is -1.97. The normalized spacial score (nSPS) is 11.0. The topological polar surface area (TPSA) is 26.0 Å². The van der Waals surface area contributed by atoms with Crippen molar-refractivity contribution in [3.8, 4) is 0 Å². The minimum absolute atomic E-state index is 0.870. The predicted octanol–water partition coefficient (Wildman–Crippen LogP) is 8.23. The van der Waals surface area contributed by atoms with E-state index in [1.54, 1.807) is 0 Å². The van der Waals surface area contributed by atoms with Crippen molar-refractivity contribution in [3.63, 3.8) is 0 Å². The summed E-state index contributed by atoms with van der Waals surface area (Å²) in [5.74, 6) is 0. The first kappa shape index (κ1) is 21.3. The van der Waals surface area contributed by atoms with Crippen molar-refractivity contribution in [3.05, 3.63) is 72.8 Å². The molecule has 152 valence electrons. The highest BCUT2D eigenvalue weighted by atomic mass is 14.5. The fraction of sp³-hybridized carbons (Fsp3) is 0.357. The zero-order chi connectivity index (χ0) is 20.3. The fourth-order valence-corrected chi connectivity index (χ4v) is 4.14. The number of hydrogen-bond donors (Lipinski definition) is 1. The largest absolute Gasteiger partial charge is 0.330 e. The summed E-state index contributed by atoms with van der Waals surface area (Å²) in [5, 5.41) is 8.04. The predicted molar refractivity (Wildman–Crippen MR) is 131 cm³/mol. The molecule has 0 bridgehead atoms. The van der Waals surface area contributed by atoms with Crippen LogP contribution in [0.5, 0.6) is 0 Å². The van der Waals surface area contributed by atoms with Crippen LogP contribution in [0.4, 0.5) is 0 Å². The van der Waals surface area contributed by atoms with Gasteiger partial charge in [-0.25, -0.2) is 0 Å². The Bertz CT molecular complexity index is 790.